The zero-order chi connectivity index (χ0) is 18.5. The van der Waals surface area contributed by atoms with Gasteiger partial charge in [0, 0.05) is 18.1 Å². The maximum absolute atomic E-state index is 13.1. The number of hydrogen-bond acceptors (Lipinski definition) is 3. The second-order valence-corrected chi connectivity index (χ2v) is 6.40. The van der Waals surface area contributed by atoms with Crippen LogP contribution in [0.2, 0.25) is 5.02 Å². The molecule has 5 nitrogen and oxygen atoms in total. The normalized spacial score (nSPS) is 17.2. The molecular weight excluding hydrogens is 359 g/mol. The Morgan fingerprint density at radius 1 is 1.27 bits per heavy atom. The van der Waals surface area contributed by atoms with E-state index in [-0.39, 0.29) is 36.6 Å². The molecule has 1 atom stereocenters. The molecule has 1 N–H and O–H groups in total. The molecular formula is C19H18ClFN2O3. The van der Waals surface area contributed by atoms with Crippen molar-refractivity contribution >= 4 is 23.4 Å². The number of carbonyl (C=O) groups is 2. The highest BCUT2D eigenvalue weighted by molar-refractivity contribution is 6.31. The van der Waals surface area contributed by atoms with Crippen molar-refractivity contribution < 1.29 is 18.7 Å². The van der Waals surface area contributed by atoms with E-state index in [0.717, 1.165) is 5.56 Å². The highest BCUT2D eigenvalue weighted by atomic mass is 35.5. The van der Waals surface area contributed by atoms with Gasteiger partial charge in [-0.15, -0.1) is 0 Å². The van der Waals surface area contributed by atoms with Crippen LogP contribution in [0.25, 0.3) is 0 Å². The first-order valence-corrected chi connectivity index (χ1v) is 8.55. The number of benzene rings is 2. The van der Waals surface area contributed by atoms with Gasteiger partial charge in [-0.25, -0.2) is 4.39 Å². The molecule has 0 saturated carbocycles. The summed E-state index contributed by atoms with van der Waals surface area (Å²) in [6, 6.07) is 12.7. The Morgan fingerprint density at radius 2 is 2.04 bits per heavy atom. The molecule has 2 aromatic rings. The number of ether oxygens (including phenoxy) is 1. The molecule has 136 valence electrons. The van der Waals surface area contributed by atoms with Crippen LogP contribution in [-0.2, 0) is 27.4 Å². The summed E-state index contributed by atoms with van der Waals surface area (Å²) < 4.78 is 18.4. The second-order valence-electron chi connectivity index (χ2n) is 5.99. The zero-order valence-electron chi connectivity index (χ0n) is 14.0. The van der Waals surface area contributed by atoms with Crippen LogP contribution in [-0.4, -0.2) is 36.0 Å². The number of amides is 2. The van der Waals surface area contributed by atoms with E-state index in [4.69, 9.17) is 16.3 Å². The smallest absolute Gasteiger partial charge is 0.249 e. The Morgan fingerprint density at radius 3 is 2.77 bits per heavy atom. The van der Waals surface area contributed by atoms with E-state index in [1.54, 1.807) is 0 Å². The lowest BCUT2D eigenvalue weighted by molar-refractivity contribution is -0.155. The molecule has 26 heavy (non-hydrogen) atoms. The average molecular weight is 377 g/mol. The van der Waals surface area contributed by atoms with Crippen LogP contribution >= 0.6 is 11.6 Å². The number of carbonyl (C=O) groups excluding carboxylic acids is 2. The molecule has 0 spiro atoms. The van der Waals surface area contributed by atoms with Gasteiger partial charge in [0.1, 0.15) is 18.5 Å². The summed E-state index contributed by atoms with van der Waals surface area (Å²) in [5, 5.41) is 2.98. The molecule has 1 aliphatic heterocycles. The Labute approximate surface area is 155 Å². The lowest BCUT2D eigenvalue weighted by Crippen LogP contribution is -2.55. The summed E-state index contributed by atoms with van der Waals surface area (Å²) in [5.41, 5.74) is 1.53. The van der Waals surface area contributed by atoms with Crippen LogP contribution in [0.15, 0.2) is 48.5 Å². The third-order valence-electron chi connectivity index (χ3n) is 4.16. The SMILES string of the molecule is O=C(NCc1ccc(F)cc1Cl)C1COCC(=O)N1Cc1ccccc1. The Balaban J connectivity index is 1.68. The van der Waals surface area contributed by atoms with E-state index < -0.39 is 11.9 Å². The molecule has 3 rings (SSSR count). The first-order chi connectivity index (χ1) is 12.5. The number of nitrogens with zero attached hydrogens (tertiary/aromatic N) is 1. The van der Waals surface area contributed by atoms with E-state index >= 15 is 0 Å². The number of halogens is 2. The van der Waals surface area contributed by atoms with Crippen molar-refractivity contribution in [3.8, 4) is 0 Å². The Bertz CT molecular complexity index is 801. The lowest BCUT2D eigenvalue weighted by atomic mass is 10.1. The fourth-order valence-electron chi connectivity index (χ4n) is 2.77. The van der Waals surface area contributed by atoms with Crippen molar-refractivity contribution in [2.24, 2.45) is 0 Å². The highest BCUT2D eigenvalue weighted by Gasteiger charge is 2.33. The quantitative estimate of drug-likeness (QED) is 0.872. The summed E-state index contributed by atoms with van der Waals surface area (Å²) in [4.78, 5) is 26.3. The van der Waals surface area contributed by atoms with Crippen molar-refractivity contribution in [1.29, 1.82) is 0 Å². The molecule has 2 aromatic carbocycles. The van der Waals surface area contributed by atoms with Gasteiger partial charge in [-0.2, -0.15) is 0 Å². The van der Waals surface area contributed by atoms with Gasteiger partial charge < -0.3 is 15.0 Å². The standard InChI is InChI=1S/C19H18ClFN2O3/c20-16-8-15(21)7-6-14(16)9-22-19(25)17-11-26-12-18(24)23(17)10-13-4-2-1-3-5-13/h1-8,17H,9-12H2,(H,22,25). The van der Waals surface area contributed by atoms with Gasteiger partial charge >= 0.3 is 0 Å². The molecule has 1 fully saturated rings. The van der Waals surface area contributed by atoms with E-state index in [9.17, 15) is 14.0 Å². The van der Waals surface area contributed by atoms with Crippen molar-refractivity contribution in [3.05, 3.63) is 70.5 Å². The summed E-state index contributed by atoms with van der Waals surface area (Å²) >= 11 is 5.98. The van der Waals surface area contributed by atoms with Gasteiger partial charge in [-0.05, 0) is 23.3 Å². The van der Waals surface area contributed by atoms with Crippen LogP contribution in [0, 0.1) is 5.82 Å². The molecule has 1 aliphatic rings. The van der Waals surface area contributed by atoms with Gasteiger partial charge in [-0.1, -0.05) is 48.0 Å². The van der Waals surface area contributed by atoms with Crippen LogP contribution < -0.4 is 5.32 Å². The predicted octanol–water partition coefficient (Wildman–Crippen LogP) is 2.52. The van der Waals surface area contributed by atoms with Crippen LogP contribution in [0.4, 0.5) is 4.39 Å². The third-order valence-corrected chi connectivity index (χ3v) is 4.52. The molecule has 0 bridgehead atoms. The van der Waals surface area contributed by atoms with Crippen LogP contribution in [0.1, 0.15) is 11.1 Å². The van der Waals surface area contributed by atoms with Crippen LogP contribution in [0.3, 0.4) is 0 Å². The first-order valence-electron chi connectivity index (χ1n) is 8.17. The zero-order valence-corrected chi connectivity index (χ0v) is 14.7. The number of morpholine rings is 1. The highest BCUT2D eigenvalue weighted by Crippen LogP contribution is 2.18. The minimum atomic E-state index is -0.726. The molecule has 0 aliphatic carbocycles. The fourth-order valence-corrected chi connectivity index (χ4v) is 3.00. The van der Waals surface area contributed by atoms with Gasteiger partial charge in [-0.3, -0.25) is 9.59 Å². The number of nitrogens with one attached hydrogen (secondary N) is 1. The second kappa shape index (κ2) is 8.29. The van der Waals surface area contributed by atoms with E-state index in [2.05, 4.69) is 5.32 Å². The largest absolute Gasteiger partial charge is 0.369 e. The van der Waals surface area contributed by atoms with Gasteiger partial charge in [0.15, 0.2) is 0 Å². The third kappa shape index (κ3) is 4.39. The Kier molecular flexibility index (Phi) is 5.85. The van der Waals surface area contributed by atoms with E-state index in [1.807, 2.05) is 30.3 Å². The van der Waals surface area contributed by atoms with E-state index in [0.29, 0.717) is 12.1 Å². The van der Waals surface area contributed by atoms with Gasteiger partial charge in [0.05, 0.1) is 6.61 Å². The number of hydrogen-bond donors (Lipinski definition) is 1. The molecule has 0 aromatic heterocycles. The summed E-state index contributed by atoms with van der Waals surface area (Å²) in [6.07, 6.45) is 0. The minimum absolute atomic E-state index is 0.0413. The van der Waals surface area contributed by atoms with Crippen molar-refractivity contribution in [1.82, 2.24) is 10.2 Å². The fraction of sp³-hybridized carbons (Fsp3) is 0.263. The molecule has 1 unspecified atom stereocenters. The molecule has 1 heterocycles. The monoisotopic (exact) mass is 376 g/mol. The Hall–Kier alpha value is -2.44. The molecule has 2 amide bonds. The van der Waals surface area contributed by atoms with Crippen molar-refractivity contribution in [3.63, 3.8) is 0 Å². The van der Waals surface area contributed by atoms with E-state index in [1.165, 1.54) is 23.1 Å². The molecule has 0 radical (unpaired) electrons. The van der Waals surface area contributed by atoms with Crippen molar-refractivity contribution in [2.75, 3.05) is 13.2 Å². The van der Waals surface area contributed by atoms with Crippen LogP contribution in [0.5, 0.6) is 0 Å². The minimum Gasteiger partial charge on any atom is -0.369 e. The summed E-state index contributed by atoms with van der Waals surface area (Å²) in [6.45, 7) is 0.558. The van der Waals surface area contributed by atoms with Gasteiger partial charge in [0.25, 0.3) is 0 Å². The average Bonchev–Trinajstić information content (AvgIpc) is 2.63. The lowest BCUT2D eigenvalue weighted by Gasteiger charge is -2.34. The molecule has 1 saturated heterocycles. The maximum atomic E-state index is 13.1. The predicted molar refractivity (Wildman–Crippen MR) is 94.9 cm³/mol. The van der Waals surface area contributed by atoms with Crippen molar-refractivity contribution in [2.45, 2.75) is 19.1 Å². The number of rotatable bonds is 5. The maximum Gasteiger partial charge on any atom is 0.249 e. The van der Waals surface area contributed by atoms with Gasteiger partial charge in [0.2, 0.25) is 11.8 Å². The molecule has 7 heteroatoms. The summed E-state index contributed by atoms with van der Waals surface area (Å²) in [7, 11) is 0. The topological polar surface area (TPSA) is 58.6 Å². The first kappa shape index (κ1) is 18.4. The summed E-state index contributed by atoms with van der Waals surface area (Å²) in [5.74, 6) is -1.01.